The highest BCUT2D eigenvalue weighted by Crippen LogP contribution is 2.13. The lowest BCUT2D eigenvalue weighted by Crippen LogP contribution is -2.38. The number of hydrogen-bond donors (Lipinski definition) is 2. The Morgan fingerprint density at radius 3 is 2.89 bits per heavy atom. The van der Waals surface area contributed by atoms with Crippen molar-refractivity contribution in [3.8, 4) is 0 Å². The molecular formula is C14H20N4O. The van der Waals surface area contributed by atoms with Gasteiger partial charge in [0.15, 0.2) is 0 Å². The largest absolute Gasteiger partial charge is 0.352 e. The van der Waals surface area contributed by atoms with Gasteiger partial charge in [-0.1, -0.05) is 6.07 Å². The van der Waals surface area contributed by atoms with Crippen molar-refractivity contribution in [2.75, 3.05) is 0 Å². The third kappa shape index (κ3) is 3.54. The van der Waals surface area contributed by atoms with E-state index in [4.69, 9.17) is 5.73 Å². The van der Waals surface area contributed by atoms with Gasteiger partial charge in [0, 0.05) is 25.6 Å². The van der Waals surface area contributed by atoms with Gasteiger partial charge in [-0.15, -0.1) is 0 Å². The van der Waals surface area contributed by atoms with Crippen LogP contribution < -0.4 is 11.1 Å². The van der Waals surface area contributed by atoms with E-state index in [-0.39, 0.29) is 5.91 Å². The van der Waals surface area contributed by atoms with Crippen LogP contribution in [0.2, 0.25) is 0 Å². The molecule has 5 heteroatoms. The Morgan fingerprint density at radius 1 is 1.47 bits per heavy atom. The normalized spacial score (nSPS) is 11.8. The highest BCUT2D eigenvalue weighted by molar-refractivity contribution is 5.78. The Hall–Kier alpha value is -1.88. The third-order valence-electron chi connectivity index (χ3n) is 2.90. The van der Waals surface area contributed by atoms with Gasteiger partial charge in [0.25, 0.3) is 0 Å². The zero-order chi connectivity index (χ0) is 14.0. The molecule has 1 amide bonds. The van der Waals surface area contributed by atoms with Crippen LogP contribution in [0.5, 0.6) is 0 Å². The minimum atomic E-state index is -0.477. The standard InChI is InChI=1S/C14H20N4O/c1-14(2,15)7-13(19)16-8-10-4-5-12-11(6-10)17-9-18(12)3/h4-6,9H,7-8,15H2,1-3H3,(H,16,19). The van der Waals surface area contributed by atoms with Gasteiger partial charge >= 0.3 is 0 Å². The topological polar surface area (TPSA) is 72.9 Å². The summed E-state index contributed by atoms with van der Waals surface area (Å²) in [4.78, 5) is 16.0. The number of imidazole rings is 1. The number of hydrogen-bond acceptors (Lipinski definition) is 3. The van der Waals surface area contributed by atoms with Crippen LogP contribution in [0, 0.1) is 0 Å². The molecule has 2 rings (SSSR count). The number of aryl methyl sites for hydroxylation is 1. The van der Waals surface area contributed by atoms with Crippen molar-refractivity contribution in [1.29, 1.82) is 0 Å². The first-order chi connectivity index (χ1) is 8.85. The van der Waals surface area contributed by atoms with Gasteiger partial charge in [-0.2, -0.15) is 0 Å². The number of carbonyl (C=O) groups excluding carboxylic acids is 1. The fourth-order valence-corrected chi connectivity index (χ4v) is 1.97. The molecule has 0 atom stereocenters. The van der Waals surface area contributed by atoms with E-state index >= 15 is 0 Å². The molecular weight excluding hydrogens is 240 g/mol. The molecule has 0 aliphatic carbocycles. The lowest BCUT2D eigenvalue weighted by molar-refractivity contribution is -0.122. The van der Waals surface area contributed by atoms with Gasteiger partial charge < -0.3 is 15.6 Å². The first kappa shape index (κ1) is 13.5. The molecule has 0 aliphatic heterocycles. The second kappa shape index (κ2) is 5.01. The molecule has 1 aromatic heterocycles. The van der Waals surface area contributed by atoms with Gasteiger partial charge in [0.05, 0.1) is 17.4 Å². The number of fused-ring (bicyclic) bond motifs is 1. The number of carbonyl (C=O) groups is 1. The number of amides is 1. The maximum absolute atomic E-state index is 11.7. The smallest absolute Gasteiger partial charge is 0.222 e. The minimum Gasteiger partial charge on any atom is -0.352 e. The molecule has 0 fully saturated rings. The molecule has 0 unspecified atom stereocenters. The zero-order valence-electron chi connectivity index (χ0n) is 11.6. The van der Waals surface area contributed by atoms with Crippen LogP contribution in [0.4, 0.5) is 0 Å². The van der Waals surface area contributed by atoms with Crippen LogP contribution in [0.15, 0.2) is 24.5 Å². The molecule has 1 heterocycles. The van der Waals surface area contributed by atoms with E-state index in [9.17, 15) is 4.79 Å². The summed E-state index contributed by atoms with van der Waals surface area (Å²) < 4.78 is 1.97. The summed E-state index contributed by atoms with van der Waals surface area (Å²) in [6.45, 7) is 4.18. The van der Waals surface area contributed by atoms with Crippen LogP contribution >= 0.6 is 0 Å². The van der Waals surface area contributed by atoms with Gasteiger partial charge in [-0.25, -0.2) is 4.98 Å². The maximum atomic E-state index is 11.7. The van der Waals surface area contributed by atoms with Crippen LogP contribution in [0.1, 0.15) is 25.8 Å². The van der Waals surface area contributed by atoms with Crippen molar-refractivity contribution in [3.05, 3.63) is 30.1 Å². The number of nitrogens with two attached hydrogens (primary N) is 1. The predicted octanol–water partition coefficient (Wildman–Crippen LogP) is 1.32. The number of aromatic nitrogens is 2. The van der Waals surface area contributed by atoms with Crippen molar-refractivity contribution in [2.24, 2.45) is 12.8 Å². The molecule has 0 saturated carbocycles. The number of nitrogens with zero attached hydrogens (tertiary/aromatic N) is 2. The third-order valence-corrected chi connectivity index (χ3v) is 2.90. The van der Waals surface area contributed by atoms with E-state index in [1.807, 2.05) is 43.7 Å². The summed E-state index contributed by atoms with van der Waals surface area (Å²) in [6, 6.07) is 6.00. The van der Waals surface area contributed by atoms with Crippen LogP contribution in [0.25, 0.3) is 11.0 Å². The molecule has 19 heavy (non-hydrogen) atoms. The molecule has 0 radical (unpaired) electrons. The lowest BCUT2D eigenvalue weighted by atomic mass is 10.0. The van der Waals surface area contributed by atoms with E-state index in [1.54, 1.807) is 6.33 Å². The second-order valence-corrected chi connectivity index (χ2v) is 5.62. The molecule has 0 saturated heterocycles. The van der Waals surface area contributed by atoms with Crippen molar-refractivity contribution >= 4 is 16.9 Å². The van der Waals surface area contributed by atoms with Gasteiger partial charge in [0.1, 0.15) is 0 Å². The summed E-state index contributed by atoms with van der Waals surface area (Å²) in [5.41, 5.74) is 8.39. The van der Waals surface area contributed by atoms with Crippen LogP contribution in [0.3, 0.4) is 0 Å². The Balaban J connectivity index is 2.00. The SMILES string of the molecule is Cn1cnc2cc(CNC(=O)CC(C)(C)N)ccc21. The van der Waals surface area contributed by atoms with Crippen molar-refractivity contribution in [1.82, 2.24) is 14.9 Å². The van der Waals surface area contributed by atoms with E-state index in [0.717, 1.165) is 16.6 Å². The quantitative estimate of drug-likeness (QED) is 0.870. The monoisotopic (exact) mass is 260 g/mol. The average Bonchev–Trinajstić information content (AvgIpc) is 2.66. The van der Waals surface area contributed by atoms with E-state index in [1.165, 1.54) is 0 Å². The molecule has 0 bridgehead atoms. The van der Waals surface area contributed by atoms with E-state index in [0.29, 0.717) is 13.0 Å². The molecule has 3 N–H and O–H groups in total. The Bertz CT molecular complexity index is 595. The Morgan fingerprint density at radius 2 is 2.21 bits per heavy atom. The fourth-order valence-electron chi connectivity index (χ4n) is 1.97. The highest BCUT2D eigenvalue weighted by Gasteiger charge is 2.15. The predicted molar refractivity (Wildman–Crippen MR) is 75.4 cm³/mol. The maximum Gasteiger partial charge on any atom is 0.222 e. The zero-order valence-corrected chi connectivity index (χ0v) is 11.6. The van der Waals surface area contributed by atoms with E-state index < -0.39 is 5.54 Å². The summed E-state index contributed by atoms with van der Waals surface area (Å²) in [5, 5.41) is 2.87. The number of benzene rings is 1. The van der Waals surface area contributed by atoms with Gasteiger partial charge in [0.2, 0.25) is 5.91 Å². The fraction of sp³-hybridized carbons (Fsp3) is 0.429. The number of rotatable bonds is 4. The Kier molecular flexibility index (Phi) is 3.57. The summed E-state index contributed by atoms with van der Waals surface area (Å²) in [6.07, 6.45) is 2.10. The summed E-state index contributed by atoms with van der Waals surface area (Å²) in [5.74, 6) is -0.0337. The Labute approximate surface area is 112 Å². The molecule has 1 aromatic carbocycles. The van der Waals surface area contributed by atoms with Crippen LogP contribution in [-0.4, -0.2) is 21.0 Å². The van der Waals surface area contributed by atoms with E-state index in [2.05, 4.69) is 10.3 Å². The first-order valence-electron chi connectivity index (χ1n) is 6.31. The van der Waals surface area contributed by atoms with Crippen molar-refractivity contribution in [2.45, 2.75) is 32.4 Å². The first-order valence-corrected chi connectivity index (χ1v) is 6.31. The van der Waals surface area contributed by atoms with Crippen LogP contribution in [-0.2, 0) is 18.4 Å². The summed E-state index contributed by atoms with van der Waals surface area (Å²) in [7, 11) is 1.96. The van der Waals surface area contributed by atoms with Gasteiger partial charge in [-0.3, -0.25) is 4.79 Å². The summed E-state index contributed by atoms with van der Waals surface area (Å²) >= 11 is 0. The minimum absolute atomic E-state index is 0.0337. The molecule has 5 nitrogen and oxygen atoms in total. The van der Waals surface area contributed by atoms with Crippen molar-refractivity contribution in [3.63, 3.8) is 0 Å². The second-order valence-electron chi connectivity index (χ2n) is 5.62. The lowest BCUT2D eigenvalue weighted by Gasteiger charge is -2.17. The number of nitrogens with one attached hydrogen (secondary N) is 1. The molecule has 2 aromatic rings. The van der Waals surface area contributed by atoms with Gasteiger partial charge in [-0.05, 0) is 31.5 Å². The molecule has 102 valence electrons. The molecule has 0 aliphatic rings. The highest BCUT2D eigenvalue weighted by atomic mass is 16.1. The van der Waals surface area contributed by atoms with Crippen molar-refractivity contribution < 1.29 is 4.79 Å². The average molecular weight is 260 g/mol. The molecule has 0 spiro atoms.